The molecule has 4 heteroatoms. The van der Waals surface area contributed by atoms with Crippen LogP contribution in [0.25, 0.3) is 0 Å². The van der Waals surface area contributed by atoms with Crippen molar-refractivity contribution in [2.75, 3.05) is 6.61 Å². The van der Waals surface area contributed by atoms with Gasteiger partial charge in [0.15, 0.2) is 0 Å². The summed E-state index contributed by atoms with van der Waals surface area (Å²) in [6, 6.07) is 0.444. The molecule has 1 aliphatic rings. The summed E-state index contributed by atoms with van der Waals surface area (Å²) in [5.74, 6) is 0. The third-order valence-electron chi connectivity index (χ3n) is 3.80. The number of hydrogen-bond acceptors (Lipinski definition) is 4. The molecule has 0 aromatic carbocycles. The van der Waals surface area contributed by atoms with E-state index < -0.39 is 0 Å². The van der Waals surface area contributed by atoms with E-state index in [0.29, 0.717) is 6.04 Å². The first-order valence-electron chi connectivity index (χ1n) is 5.89. The predicted molar refractivity (Wildman–Crippen MR) is 66.5 cm³/mol. The summed E-state index contributed by atoms with van der Waals surface area (Å²) < 4.78 is 0. The summed E-state index contributed by atoms with van der Waals surface area (Å²) in [6.07, 6.45) is 3.52. The third-order valence-corrected chi connectivity index (χ3v) is 4.73. The molecule has 1 aromatic heterocycles. The van der Waals surface area contributed by atoms with Crippen molar-refractivity contribution in [3.63, 3.8) is 0 Å². The first kappa shape index (κ1) is 12.0. The van der Waals surface area contributed by atoms with Gasteiger partial charge in [-0.25, -0.2) is 4.98 Å². The minimum atomic E-state index is 0.0680. The normalized spacial score (nSPS) is 29.8. The lowest BCUT2D eigenvalue weighted by Crippen LogP contribution is -2.41. The lowest BCUT2D eigenvalue weighted by molar-refractivity contribution is 0.118. The van der Waals surface area contributed by atoms with Gasteiger partial charge < -0.3 is 10.4 Å². The van der Waals surface area contributed by atoms with Crippen molar-refractivity contribution in [2.24, 2.45) is 5.41 Å². The molecule has 0 amide bonds. The summed E-state index contributed by atoms with van der Waals surface area (Å²) in [7, 11) is 0. The van der Waals surface area contributed by atoms with Gasteiger partial charge in [0.25, 0.3) is 0 Å². The Morgan fingerprint density at radius 2 is 2.50 bits per heavy atom. The Morgan fingerprint density at radius 1 is 1.69 bits per heavy atom. The zero-order valence-corrected chi connectivity index (χ0v) is 10.8. The van der Waals surface area contributed by atoms with Gasteiger partial charge in [0.05, 0.1) is 11.2 Å². The van der Waals surface area contributed by atoms with Crippen LogP contribution in [0.4, 0.5) is 0 Å². The summed E-state index contributed by atoms with van der Waals surface area (Å²) >= 11 is 1.70. The largest absolute Gasteiger partial charge is 0.396 e. The Balaban J connectivity index is 1.93. The van der Waals surface area contributed by atoms with Crippen molar-refractivity contribution < 1.29 is 5.11 Å². The van der Waals surface area contributed by atoms with Crippen LogP contribution in [0, 0.1) is 12.3 Å². The van der Waals surface area contributed by atoms with Crippen LogP contribution in [0.3, 0.4) is 0 Å². The highest BCUT2D eigenvalue weighted by atomic mass is 32.1. The summed E-state index contributed by atoms with van der Waals surface area (Å²) in [5.41, 5.74) is 3.09. The van der Waals surface area contributed by atoms with Crippen LogP contribution in [0.2, 0.25) is 0 Å². The van der Waals surface area contributed by atoms with Gasteiger partial charge in [-0.15, -0.1) is 11.3 Å². The Labute approximate surface area is 101 Å². The molecule has 16 heavy (non-hydrogen) atoms. The molecular formula is C12H20N2OS. The number of aliphatic hydroxyl groups is 1. The quantitative estimate of drug-likeness (QED) is 0.847. The number of rotatable bonds is 4. The first-order chi connectivity index (χ1) is 7.65. The molecule has 90 valence electrons. The molecule has 0 spiro atoms. The van der Waals surface area contributed by atoms with E-state index in [9.17, 15) is 5.11 Å². The minimum Gasteiger partial charge on any atom is -0.396 e. The van der Waals surface area contributed by atoms with E-state index in [2.05, 4.69) is 17.2 Å². The van der Waals surface area contributed by atoms with E-state index in [1.54, 1.807) is 11.3 Å². The first-order valence-corrected chi connectivity index (χ1v) is 6.77. The lowest BCUT2D eigenvalue weighted by Gasteiger charge is -2.30. The van der Waals surface area contributed by atoms with E-state index in [1.807, 2.05) is 12.4 Å². The number of thiazole rings is 1. The monoisotopic (exact) mass is 240 g/mol. The van der Waals surface area contributed by atoms with Crippen molar-refractivity contribution in [1.29, 1.82) is 0 Å². The molecule has 2 rings (SSSR count). The van der Waals surface area contributed by atoms with E-state index >= 15 is 0 Å². The maximum Gasteiger partial charge on any atom is 0.0798 e. The lowest BCUT2D eigenvalue weighted by atomic mass is 9.86. The molecule has 0 saturated heterocycles. The predicted octanol–water partition coefficient (Wildman–Crippen LogP) is 2.09. The molecule has 0 aliphatic heterocycles. The van der Waals surface area contributed by atoms with Crippen LogP contribution < -0.4 is 5.32 Å². The Kier molecular flexibility index (Phi) is 3.62. The number of aromatic nitrogens is 1. The zero-order chi connectivity index (χ0) is 11.6. The Hall–Kier alpha value is -0.450. The highest BCUT2D eigenvalue weighted by molar-refractivity contribution is 7.09. The molecule has 0 radical (unpaired) electrons. The van der Waals surface area contributed by atoms with Crippen LogP contribution in [0.1, 0.15) is 36.8 Å². The average molecular weight is 240 g/mol. The van der Waals surface area contributed by atoms with Crippen molar-refractivity contribution in [3.8, 4) is 0 Å². The smallest absolute Gasteiger partial charge is 0.0798 e. The van der Waals surface area contributed by atoms with Crippen LogP contribution in [0.5, 0.6) is 0 Å². The van der Waals surface area contributed by atoms with Gasteiger partial charge in [-0.1, -0.05) is 13.3 Å². The van der Waals surface area contributed by atoms with E-state index in [1.165, 1.54) is 17.7 Å². The second-order valence-electron chi connectivity index (χ2n) is 5.00. The summed E-state index contributed by atoms with van der Waals surface area (Å²) in [6.45, 7) is 5.40. The average Bonchev–Trinajstić information content (AvgIpc) is 2.83. The van der Waals surface area contributed by atoms with E-state index in [-0.39, 0.29) is 12.0 Å². The molecule has 2 unspecified atom stereocenters. The van der Waals surface area contributed by atoms with Gasteiger partial charge in [-0.2, -0.15) is 0 Å². The van der Waals surface area contributed by atoms with Crippen molar-refractivity contribution in [2.45, 2.75) is 45.7 Å². The van der Waals surface area contributed by atoms with Gasteiger partial charge in [0.2, 0.25) is 0 Å². The van der Waals surface area contributed by atoms with Crippen LogP contribution in [0.15, 0.2) is 5.51 Å². The second kappa shape index (κ2) is 4.82. The fourth-order valence-corrected chi connectivity index (χ4v) is 3.21. The van der Waals surface area contributed by atoms with Crippen molar-refractivity contribution in [1.82, 2.24) is 10.3 Å². The molecule has 1 fully saturated rings. The summed E-state index contributed by atoms with van der Waals surface area (Å²) in [4.78, 5) is 5.56. The molecule has 1 aliphatic carbocycles. The van der Waals surface area contributed by atoms with Crippen molar-refractivity contribution >= 4 is 11.3 Å². The zero-order valence-electron chi connectivity index (χ0n) is 9.99. The Bertz CT molecular complexity index is 353. The maximum absolute atomic E-state index is 9.46. The molecule has 1 heterocycles. The van der Waals surface area contributed by atoms with Gasteiger partial charge in [0, 0.05) is 29.5 Å². The van der Waals surface area contributed by atoms with Gasteiger partial charge in [0.1, 0.15) is 0 Å². The highest BCUT2D eigenvalue weighted by Gasteiger charge is 2.37. The fourth-order valence-electron chi connectivity index (χ4n) is 2.48. The van der Waals surface area contributed by atoms with Gasteiger partial charge in [-0.3, -0.25) is 0 Å². The Morgan fingerprint density at radius 3 is 3.12 bits per heavy atom. The SMILES string of the molecule is Cc1ncsc1CNC1CCCC1(C)CO. The molecule has 1 aromatic rings. The number of aliphatic hydroxyl groups excluding tert-OH is 1. The van der Waals surface area contributed by atoms with Gasteiger partial charge in [-0.05, 0) is 19.8 Å². The van der Waals surface area contributed by atoms with Crippen LogP contribution >= 0.6 is 11.3 Å². The van der Waals surface area contributed by atoms with E-state index in [0.717, 1.165) is 18.7 Å². The van der Waals surface area contributed by atoms with Crippen molar-refractivity contribution in [3.05, 3.63) is 16.1 Å². The summed E-state index contributed by atoms with van der Waals surface area (Å²) in [5, 5.41) is 13.0. The van der Waals surface area contributed by atoms with Gasteiger partial charge >= 0.3 is 0 Å². The molecule has 3 nitrogen and oxygen atoms in total. The minimum absolute atomic E-state index is 0.0680. The molecular weight excluding hydrogens is 220 g/mol. The molecule has 2 N–H and O–H groups in total. The number of nitrogens with zero attached hydrogens (tertiary/aromatic N) is 1. The number of aryl methyl sites for hydroxylation is 1. The number of hydrogen-bond donors (Lipinski definition) is 2. The standard InChI is InChI=1S/C12H20N2OS/c1-9-10(16-8-14-9)6-13-11-4-3-5-12(11,2)7-15/h8,11,13,15H,3-7H2,1-2H3. The fraction of sp³-hybridized carbons (Fsp3) is 0.750. The maximum atomic E-state index is 9.46. The highest BCUT2D eigenvalue weighted by Crippen LogP contribution is 2.37. The van der Waals surface area contributed by atoms with Crippen LogP contribution in [-0.2, 0) is 6.54 Å². The molecule has 2 atom stereocenters. The number of nitrogens with one attached hydrogen (secondary N) is 1. The molecule has 1 saturated carbocycles. The molecule has 0 bridgehead atoms. The van der Waals surface area contributed by atoms with E-state index in [4.69, 9.17) is 0 Å². The topological polar surface area (TPSA) is 45.2 Å². The second-order valence-corrected chi connectivity index (χ2v) is 5.94. The van der Waals surface area contributed by atoms with Crippen LogP contribution in [-0.4, -0.2) is 22.7 Å². The third kappa shape index (κ3) is 2.29.